The van der Waals surface area contributed by atoms with Gasteiger partial charge in [0, 0.05) is 26.2 Å². The molecule has 1 amide bonds. The van der Waals surface area contributed by atoms with Crippen LogP contribution in [0.2, 0.25) is 0 Å². The number of halogens is 3. The summed E-state index contributed by atoms with van der Waals surface area (Å²) in [6.45, 7) is -0.131. The number of alkyl halides is 3. The van der Waals surface area contributed by atoms with Crippen molar-refractivity contribution in [2.24, 2.45) is 7.05 Å². The fraction of sp³-hybridized carbons (Fsp3) is 0.217. The average molecular weight is 471 g/mol. The van der Waals surface area contributed by atoms with Crippen LogP contribution in [0.5, 0.6) is 5.75 Å². The van der Waals surface area contributed by atoms with Gasteiger partial charge >= 0.3 is 17.9 Å². The number of rotatable bonds is 4. The fourth-order valence-electron chi connectivity index (χ4n) is 3.56. The van der Waals surface area contributed by atoms with Gasteiger partial charge < -0.3 is 9.64 Å². The predicted molar refractivity (Wildman–Crippen MR) is 118 cm³/mol. The Balaban J connectivity index is 1.68. The number of aryl methyl sites for hydroxylation is 1. The van der Waals surface area contributed by atoms with E-state index in [1.807, 2.05) is 0 Å². The second kappa shape index (κ2) is 8.65. The largest absolute Gasteiger partial charge is 0.497 e. The molecule has 0 atom stereocenters. The molecule has 0 fully saturated rings. The highest BCUT2D eigenvalue weighted by molar-refractivity contribution is 5.88. The molecule has 0 unspecified atom stereocenters. The molecule has 0 spiro atoms. The number of carbonyl (C=O) groups excluding carboxylic acids is 1. The number of carbonyl (C=O) groups is 1. The molecule has 0 aliphatic carbocycles. The summed E-state index contributed by atoms with van der Waals surface area (Å²) < 4.78 is 46.4. The number of methoxy groups -OCH3 is 1. The number of imidazole rings is 1. The average Bonchev–Trinajstić information content (AvgIpc) is 3.07. The van der Waals surface area contributed by atoms with Crippen molar-refractivity contribution >= 4 is 17.2 Å². The number of amides is 1. The SMILES string of the molecule is COc1cccc(-c2ncc3c(n2)n(C)c(=O)n3C(=O)N(C)Cc2cccc(C(F)(F)F)c2)c1. The number of ether oxygens (including phenoxy) is 1. The van der Waals surface area contributed by atoms with Crippen molar-refractivity contribution < 1.29 is 22.7 Å². The van der Waals surface area contributed by atoms with Gasteiger partial charge in [0.2, 0.25) is 0 Å². The summed E-state index contributed by atoms with van der Waals surface area (Å²) in [6, 6.07) is 11.0. The minimum absolute atomic E-state index is 0.131. The Morgan fingerprint density at radius 2 is 1.88 bits per heavy atom. The summed E-state index contributed by atoms with van der Waals surface area (Å²) in [4.78, 5) is 35.9. The molecular weight excluding hydrogens is 451 g/mol. The zero-order valence-electron chi connectivity index (χ0n) is 18.5. The number of hydrogen-bond donors (Lipinski definition) is 0. The molecule has 4 aromatic rings. The Bertz CT molecular complexity index is 1440. The van der Waals surface area contributed by atoms with Gasteiger partial charge in [0.1, 0.15) is 11.3 Å². The van der Waals surface area contributed by atoms with Crippen LogP contribution in [0.15, 0.2) is 59.5 Å². The maximum absolute atomic E-state index is 13.1. The quantitative estimate of drug-likeness (QED) is 0.451. The van der Waals surface area contributed by atoms with Gasteiger partial charge in [-0.1, -0.05) is 24.3 Å². The van der Waals surface area contributed by atoms with E-state index in [0.717, 1.165) is 21.6 Å². The molecule has 34 heavy (non-hydrogen) atoms. The Labute approximate surface area is 191 Å². The van der Waals surface area contributed by atoms with Crippen LogP contribution in [0, 0.1) is 0 Å². The molecule has 2 heterocycles. The van der Waals surface area contributed by atoms with Gasteiger partial charge in [0.05, 0.1) is 18.9 Å². The summed E-state index contributed by atoms with van der Waals surface area (Å²) in [5, 5.41) is 0. The number of fused-ring (bicyclic) bond motifs is 1. The standard InChI is InChI=1S/C23H20F3N5O3/c1-29(13-14-6-4-8-16(10-14)23(24,25)26)21(32)31-18-12-27-19(28-20(18)30(2)22(31)33)15-7-5-9-17(11-15)34-3/h4-12H,13H2,1-3H3. The lowest BCUT2D eigenvalue weighted by molar-refractivity contribution is -0.137. The van der Waals surface area contributed by atoms with Crippen molar-refractivity contribution in [1.82, 2.24) is 24.0 Å². The van der Waals surface area contributed by atoms with Crippen LogP contribution in [0.1, 0.15) is 11.1 Å². The third-order valence-corrected chi connectivity index (χ3v) is 5.31. The molecule has 2 aromatic carbocycles. The van der Waals surface area contributed by atoms with E-state index in [1.165, 1.54) is 44.1 Å². The molecule has 0 N–H and O–H groups in total. The van der Waals surface area contributed by atoms with Crippen molar-refractivity contribution in [1.29, 1.82) is 0 Å². The van der Waals surface area contributed by atoms with E-state index in [2.05, 4.69) is 9.97 Å². The smallest absolute Gasteiger partial charge is 0.416 e. The number of aromatic nitrogens is 4. The molecule has 4 rings (SSSR count). The Morgan fingerprint density at radius 1 is 1.15 bits per heavy atom. The van der Waals surface area contributed by atoms with Crippen LogP contribution >= 0.6 is 0 Å². The highest BCUT2D eigenvalue weighted by atomic mass is 19.4. The maximum Gasteiger partial charge on any atom is 0.416 e. The third-order valence-electron chi connectivity index (χ3n) is 5.31. The minimum Gasteiger partial charge on any atom is -0.497 e. The predicted octanol–water partition coefficient (Wildman–Crippen LogP) is 3.92. The summed E-state index contributed by atoms with van der Waals surface area (Å²) in [6.07, 6.45) is -3.13. The summed E-state index contributed by atoms with van der Waals surface area (Å²) in [7, 11) is 4.41. The molecule has 8 nitrogen and oxygen atoms in total. The van der Waals surface area contributed by atoms with Crippen molar-refractivity contribution in [3.05, 3.63) is 76.3 Å². The molecular formula is C23H20F3N5O3. The zero-order chi connectivity index (χ0) is 24.6. The summed E-state index contributed by atoms with van der Waals surface area (Å²) in [5.41, 5.74) is -0.108. The molecule has 11 heteroatoms. The van der Waals surface area contributed by atoms with E-state index in [9.17, 15) is 22.8 Å². The van der Waals surface area contributed by atoms with E-state index in [0.29, 0.717) is 17.1 Å². The lowest BCUT2D eigenvalue weighted by Gasteiger charge is -2.18. The van der Waals surface area contributed by atoms with Crippen LogP contribution in [0.3, 0.4) is 0 Å². The lowest BCUT2D eigenvalue weighted by Crippen LogP contribution is -2.37. The van der Waals surface area contributed by atoms with Crippen LogP contribution in [-0.4, -0.2) is 44.2 Å². The van der Waals surface area contributed by atoms with E-state index in [-0.39, 0.29) is 23.3 Å². The molecule has 0 saturated heterocycles. The topological polar surface area (TPSA) is 82.2 Å². The molecule has 0 radical (unpaired) electrons. The molecule has 0 aliphatic heterocycles. The first-order valence-corrected chi connectivity index (χ1v) is 10.1. The van der Waals surface area contributed by atoms with E-state index in [4.69, 9.17) is 4.74 Å². The van der Waals surface area contributed by atoms with Crippen molar-refractivity contribution in [2.45, 2.75) is 12.7 Å². The van der Waals surface area contributed by atoms with E-state index < -0.39 is 23.5 Å². The molecule has 0 saturated carbocycles. The lowest BCUT2D eigenvalue weighted by atomic mass is 10.1. The van der Waals surface area contributed by atoms with Crippen LogP contribution in [-0.2, 0) is 19.8 Å². The first kappa shape index (κ1) is 23.0. The molecule has 0 bridgehead atoms. The maximum atomic E-state index is 13.1. The molecule has 0 aliphatic rings. The minimum atomic E-state index is -4.50. The highest BCUT2D eigenvalue weighted by Crippen LogP contribution is 2.30. The highest BCUT2D eigenvalue weighted by Gasteiger charge is 2.30. The first-order chi connectivity index (χ1) is 16.1. The van der Waals surface area contributed by atoms with Gasteiger partial charge in [-0.15, -0.1) is 0 Å². The Morgan fingerprint density at radius 3 is 2.59 bits per heavy atom. The number of hydrogen-bond acceptors (Lipinski definition) is 5. The van der Waals surface area contributed by atoms with E-state index >= 15 is 0 Å². The molecule has 2 aromatic heterocycles. The van der Waals surface area contributed by atoms with Crippen molar-refractivity contribution in [3.8, 4) is 17.1 Å². The number of benzene rings is 2. The van der Waals surface area contributed by atoms with Crippen LogP contribution < -0.4 is 10.4 Å². The fourth-order valence-corrected chi connectivity index (χ4v) is 3.56. The van der Waals surface area contributed by atoms with Crippen molar-refractivity contribution in [3.63, 3.8) is 0 Å². The van der Waals surface area contributed by atoms with Gasteiger partial charge in [0.25, 0.3) is 0 Å². The van der Waals surface area contributed by atoms with Crippen LogP contribution in [0.25, 0.3) is 22.6 Å². The van der Waals surface area contributed by atoms with Crippen molar-refractivity contribution in [2.75, 3.05) is 14.2 Å². The third kappa shape index (κ3) is 4.24. The summed E-state index contributed by atoms with van der Waals surface area (Å²) in [5.74, 6) is 0.947. The first-order valence-electron chi connectivity index (χ1n) is 10.1. The summed E-state index contributed by atoms with van der Waals surface area (Å²) >= 11 is 0. The zero-order valence-corrected chi connectivity index (χ0v) is 18.5. The van der Waals surface area contributed by atoms with Gasteiger partial charge in [-0.2, -0.15) is 13.2 Å². The normalized spacial score (nSPS) is 11.6. The Kier molecular flexibility index (Phi) is 5.86. The van der Waals surface area contributed by atoms with Gasteiger partial charge in [0.15, 0.2) is 11.5 Å². The van der Waals surface area contributed by atoms with Gasteiger partial charge in [-0.25, -0.2) is 24.1 Å². The van der Waals surface area contributed by atoms with E-state index in [1.54, 1.807) is 24.3 Å². The second-order valence-electron chi connectivity index (χ2n) is 7.65. The van der Waals surface area contributed by atoms with Crippen LogP contribution in [0.4, 0.5) is 18.0 Å². The molecule has 176 valence electrons. The Hall–Kier alpha value is -4.15. The monoisotopic (exact) mass is 471 g/mol. The van der Waals surface area contributed by atoms with Gasteiger partial charge in [-0.05, 0) is 29.8 Å². The second-order valence-corrected chi connectivity index (χ2v) is 7.65. The van der Waals surface area contributed by atoms with Gasteiger partial charge in [-0.3, -0.25) is 4.57 Å². The number of nitrogens with zero attached hydrogens (tertiary/aromatic N) is 5.